The van der Waals surface area contributed by atoms with E-state index >= 15 is 0 Å². The Morgan fingerprint density at radius 2 is 1.89 bits per heavy atom. The fourth-order valence-electron chi connectivity index (χ4n) is 3.66. The van der Waals surface area contributed by atoms with E-state index in [1.165, 1.54) is 0 Å². The number of pyridine rings is 2. The highest BCUT2D eigenvalue weighted by atomic mass is 16.2. The molecule has 3 heterocycles. The molecule has 6 nitrogen and oxygen atoms in total. The zero-order valence-electron chi connectivity index (χ0n) is 16.7. The van der Waals surface area contributed by atoms with Crippen LogP contribution < -0.4 is 0 Å². The lowest BCUT2D eigenvalue weighted by Gasteiger charge is -2.35. The van der Waals surface area contributed by atoms with Gasteiger partial charge in [-0.2, -0.15) is 0 Å². The van der Waals surface area contributed by atoms with Crippen molar-refractivity contribution in [1.29, 1.82) is 0 Å². The minimum absolute atomic E-state index is 0.0689. The first-order chi connectivity index (χ1) is 13.6. The molecule has 0 bridgehead atoms. The quantitative estimate of drug-likeness (QED) is 0.772. The average molecular weight is 380 g/mol. The number of hydrogen-bond donors (Lipinski definition) is 0. The Morgan fingerprint density at radius 1 is 1.14 bits per heavy atom. The number of likely N-dealkylation sites (N-methyl/N-ethyl adjacent to an activating group) is 1. The van der Waals surface area contributed by atoms with Gasteiger partial charge in [0.15, 0.2) is 0 Å². The molecule has 2 amide bonds. The van der Waals surface area contributed by atoms with Gasteiger partial charge in [-0.05, 0) is 61.9 Å². The third-order valence-electron chi connectivity index (χ3n) is 5.38. The summed E-state index contributed by atoms with van der Waals surface area (Å²) in [6, 6.07) is 9.28. The first kappa shape index (κ1) is 20.0. The summed E-state index contributed by atoms with van der Waals surface area (Å²) in [6.45, 7) is 3.46. The van der Waals surface area contributed by atoms with Gasteiger partial charge in [0.05, 0.1) is 0 Å². The van der Waals surface area contributed by atoms with Crippen LogP contribution in [0.2, 0.25) is 0 Å². The van der Waals surface area contributed by atoms with Gasteiger partial charge in [0.1, 0.15) is 11.4 Å². The van der Waals surface area contributed by atoms with Crippen molar-refractivity contribution < 1.29 is 9.59 Å². The number of carbonyl (C=O) groups is 2. The van der Waals surface area contributed by atoms with E-state index in [0.29, 0.717) is 17.9 Å². The zero-order valence-corrected chi connectivity index (χ0v) is 16.7. The number of amides is 2. The lowest BCUT2D eigenvalue weighted by atomic mass is 9.99. The van der Waals surface area contributed by atoms with Crippen LogP contribution in [0.1, 0.15) is 59.1 Å². The van der Waals surface area contributed by atoms with Gasteiger partial charge in [0.2, 0.25) is 0 Å². The largest absolute Gasteiger partial charge is 0.340 e. The van der Waals surface area contributed by atoms with Crippen molar-refractivity contribution in [2.75, 3.05) is 20.1 Å². The van der Waals surface area contributed by atoms with Gasteiger partial charge < -0.3 is 9.80 Å². The molecule has 1 saturated heterocycles. The topological polar surface area (TPSA) is 66.4 Å². The van der Waals surface area contributed by atoms with Crippen LogP contribution in [0.3, 0.4) is 0 Å². The predicted octanol–water partition coefficient (Wildman–Crippen LogP) is 3.20. The predicted molar refractivity (Wildman–Crippen MR) is 108 cm³/mol. The first-order valence-electron chi connectivity index (χ1n) is 10.0. The van der Waals surface area contributed by atoms with Crippen LogP contribution in [-0.4, -0.2) is 57.8 Å². The minimum Gasteiger partial charge on any atom is -0.340 e. The van der Waals surface area contributed by atoms with E-state index in [0.717, 1.165) is 44.2 Å². The number of nitrogens with zero attached hydrogens (tertiary/aromatic N) is 4. The summed E-state index contributed by atoms with van der Waals surface area (Å²) < 4.78 is 0. The van der Waals surface area contributed by atoms with Crippen LogP contribution in [0.15, 0.2) is 42.7 Å². The van der Waals surface area contributed by atoms with Crippen molar-refractivity contribution in [3.05, 3.63) is 59.7 Å². The number of hydrogen-bond acceptors (Lipinski definition) is 4. The van der Waals surface area contributed by atoms with Crippen molar-refractivity contribution in [3.8, 4) is 0 Å². The fraction of sp³-hybridized carbons (Fsp3) is 0.455. The summed E-state index contributed by atoms with van der Waals surface area (Å²) >= 11 is 0. The normalized spacial score (nSPS) is 16.6. The molecular formula is C22H28N4O2. The van der Waals surface area contributed by atoms with Crippen LogP contribution in [0.25, 0.3) is 0 Å². The van der Waals surface area contributed by atoms with Gasteiger partial charge >= 0.3 is 0 Å². The highest BCUT2D eigenvalue weighted by Gasteiger charge is 2.27. The van der Waals surface area contributed by atoms with E-state index < -0.39 is 0 Å². The number of piperidine rings is 1. The molecule has 6 heteroatoms. The molecule has 148 valence electrons. The molecule has 2 aromatic heterocycles. The standard InChI is InChI=1S/C22H28N4O2/c1-3-18-7-4-5-15-26(18)22(28)20-9-6-8-19(24-20)21(27)25(2)16-12-17-10-13-23-14-11-17/h6,8-11,13-14,18H,3-5,7,12,15-16H2,1-2H3. The molecule has 0 saturated carbocycles. The van der Waals surface area contributed by atoms with E-state index in [1.54, 1.807) is 42.5 Å². The Labute approximate surface area is 166 Å². The summed E-state index contributed by atoms with van der Waals surface area (Å²) in [5.74, 6) is -0.241. The summed E-state index contributed by atoms with van der Waals surface area (Å²) in [7, 11) is 1.76. The molecule has 1 aliphatic rings. The summed E-state index contributed by atoms with van der Waals surface area (Å²) in [6.07, 6.45) is 8.42. The maximum Gasteiger partial charge on any atom is 0.272 e. The third-order valence-corrected chi connectivity index (χ3v) is 5.38. The summed E-state index contributed by atoms with van der Waals surface area (Å²) in [5, 5.41) is 0. The first-order valence-corrected chi connectivity index (χ1v) is 10.0. The molecule has 1 unspecified atom stereocenters. The van der Waals surface area contributed by atoms with Gasteiger partial charge in [-0.15, -0.1) is 0 Å². The van der Waals surface area contributed by atoms with Gasteiger partial charge in [-0.3, -0.25) is 14.6 Å². The molecule has 0 aliphatic carbocycles. The smallest absolute Gasteiger partial charge is 0.272 e. The molecule has 1 fully saturated rings. The molecular weight excluding hydrogens is 352 g/mol. The average Bonchev–Trinajstić information content (AvgIpc) is 2.77. The molecule has 0 N–H and O–H groups in total. The Kier molecular flexibility index (Phi) is 6.74. The number of rotatable bonds is 6. The minimum atomic E-state index is -0.172. The molecule has 0 spiro atoms. The highest BCUT2D eigenvalue weighted by Crippen LogP contribution is 2.21. The van der Waals surface area contributed by atoms with Gasteiger partial charge in [-0.1, -0.05) is 13.0 Å². The molecule has 0 aromatic carbocycles. The Hall–Kier alpha value is -2.76. The Bertz CT molecular complexity index is 809. The van der Waals surface area contributed by atoms with Crippen molar-refractivity contribution >= 4 is 11.8 Å². The van der Waals surface area contributed by atoms with Crippen molar-refractivity contribution in [2.24, 2.45) is 0 Å². The van der Waals surface area contributed by atoms with E-state index in [9.17, 15) is 9.59 Å². The van der Waals surface area contributed by atoms with Crippen LogP contribution in [0.5, 0.6) is 0 Å². The second kappa shape index (κ2) is 9.44. The number of aromatic nitrogens is 2. The number of carbonyl (C=O) groups excluding carboxylic acids is 2. The van der Waals surface area contributed by atoms with E-state index in [2.05, 4.69) is 16.9 Å². The number of likely N-dealkylation sites (tertiary alicyclic amines) is 1. The lowest BCUT2D eigenvalue weighted by Crippen LogP contribution is -2.43. The summed E-state index contributed by atoms with van der Waals surface area (Å²) in [4.78, 5) is 37.7. The highest BCUT2D eigenvalue weighted by molar-refractivity contribution is 5.96. The molecule has 2 aromatic rings. The van der Waals surface area contributed by atoms with Crippen molar-refractivity contribution in [3.63, 3.8) is 0 Å². The molecule has 1 aliphatic heterocycles. The third kappa shape index (κ3) is 4.74. The van der Waals surface area contributed by atoms with Crippen LogP contribution in [-0.2, 0) is 6.42 Å². The fourth-order valence-corrected chi connectivity index (χ4v) is 3.66. The molecule has 3 rings (SSSR count). The monoisotopic (exact) mass is 380 g/mol. The van der Waals surface area contributed by atoms with E-state index in [4.69, 9.17) is 0 Å². The Balaban J connectivity index is 1.67. The maximum atomic E-state index is 13.0. The maximum absolute atomic E-state index is 13.0. The van der Waals surface area contributed by atoms with Crippen LogP contribution in [0.4, 0.5) is 0 Å². The van der Waals surface area contributed by atoms with Crippen molar-refractivity contribution in [1.82, 2.24) is 19.8 Å². The van der Waals surface area contributed by atoms with Gasteiger partial charge in [-0.25, -0.2) is 4.98 Å². The Morgan fingerprint density at radius 3 is 2.64 bits per heavy atom. The lowest BCUT2D eigenvalue weighted by molar-refractivity contribution is 0.0601. The second-order valence-electron chi connectivity index (χ2n) is 7.30. The SMILES string of the molecule is CCC1CCCCN1C(=O)c1cccc(C(=O)N(C)CCc2ccncc2)n1. The molecule has 1 atom stereocenters. The van der Waals surface area contributed by atoms with Crippen molar-refractivity contribution in [2.45, 2.75) is 45.1 Å². The van der Waals surface area contributed by atoms with E-state index in [1.807, 2.05) is 17.0 Å². The van der Waals surface area contributed by atoms with Crippen LogP contribution in [0, 0.1) is 0 Å². The summed E-state index contributed by atoms with van der Waals surface area (Å²) in [5.41, 5.74) is 1.80. The van der Waals surface area contributed by atoms with Gasteiger partial charge in [0.25, 0.3) is 11.8 Å². The van der Waals surface area contributed by atoms with Gasteiger partial charge in [0, 0.05) is 38.6 Å². The molecule has 28 heavy (non-hydrogen) atoms. The van der Waals surface area contributed by atoms with Crippen LogP contribution >= 0.6 is 0 Å². The molecule has 0 radical (unpaired) electrons. The zero-order chi connectivity index (χ0) is 19.9. The second-order valence-corrected chi connectivity index (χ2v) is 7.30. The van der Waals surface area contributed by atoms with E-state index in [-0.39, 0.29) is 17.9 Å².